The van der Waals surface area contributed by atoms with E-state index in [2.05, 4.69) is 0 Å². The van der Waals surface area contributed by atoms with Crippen molar-refractivity contribution >= 4 is 10.2 Å². The van der Waals surface area contributed by atoms with Gasteiger partial charge in [0.2, 0.25) is 0 Å². The molecule has 1 atom stereocenters. The van der Waals surface area contributed by atoms with Crippen molar-refractivity contribution in [2.24, 2.45) is 0 Å². The van der Waals surface area contributed by atoms with E-state index < -0.39 is 15.8 Å². The van der Waals surface area contributed by atoms with Crippen LogP contribution >= 0.6 is 0 Å². The molecule has 1 unspecified atom stereocenters. The summed E-state index contributed by atoms with van der Waals surface area (Å²) < 4.78 is 38.6. The molecule has 2 saturated heterocycles. The Bertz CT molecular complexity index is 693. The third kappa shape index (κ3) is 3.18. The highest BCUT2D eigenvalue weighted by molar-refractivity contribution is 7.86. The lowest BCUT2D eigenvalue weighted by atomic mass is 10.3. The van der Waals surface area contributed by atoms with Crippen LogP contribution in [0.1, 0.15) is 25.0 Å². The number of nitrogens with zero attached hydrogens (tertiary/aromatic N) is 2. The van der Waals surface area contributed by atoms with Gasteiger partial charge < -0.3 is 9.15 Å². The van der Waals surface area contributed by atoms with Crippen molar-refractivity contribution in [2.45, 2.75) is 32.3 Å². The molecule has 0 amide bonds. The summed E-state index contributed by atoms with van der Waals surface area (Å²) in [5, 5.41) is 0. The van der Waals surface area contributed by atoms with Gasteiger partial charge in [-0.1, -0.05) is 0 Å². The number of aryl methyl sites for hydroxylation is 1. The van der Waals surface area contributed by atoms with Gasteiger partial charge >= 0.3 is 5.63 Å². The first kappa shape index (κ1) is 15.5. The molecule has 0 radical (unpaired) electrons. The third-order valence-corrected chi connectivity index (χ3v) is 6.00. The average Bonchev–Trinajstić information content (AvgIpc) is 3.08. The Labute approximate surface area is 129 Å². The minimum Gasteiger partial charge on any atom is -0.489 e. The van der Waals surface area contributed by atoms with Gasteiger partial charge in [-0.2, -0.15) is 17.0 Å². The van der Waals surface area contributed by atoms with Crippen LogP contribution in [0.2, 0.25) is 0 Å². The predicted octanol–water partition coefficient (Wildman–Crippen LogP) is 0.742. The number of hydrogen-bond acceptors (Lipinski definition) is 5. The molecule has 7 nitrogen and oxygen atoms in total. The Morgan fingerprint density at radius 2 is 1.91 bits per heavy atom. The first-order chi connectivity index (χ1) is 10.4. The van der Waals surface area contributed by atoms with Crippen molar-refractivity contribution in [1.29, 1.82) is 0 Å². The smallest absolute Gasteiger partial charge is 0.339 e. The zero-order valence-corrected chi connectivity index (χ0v) is 13.3. The van der Waals surface area contributed by atoms with Crippen molar-refractivity contribution in [2.75, 3.05) is 26.2 Å². The summed E-state index contributed by atoms with van der Waals surface area (Å²) in [6.07, 6.45) is 2.23. The number of hydrogen-bond donors (Lipinski definition) is 0. The minimum atomic E-state index is -3.37. The summed E-state index contributed by atoms with van der Waals surface area (Å²) in [6.45, 7) is 3.64. The molecule has 3 rings (SSSR count). The Kier molecular flexibility index (Phi) is 4.24. The highest BCUT2D eigenvalue weighted by Crippen LogP contribution is 2.23. The molecular weight excluding hydrogens is 308 g/mol. The van der Waals surface area contributed by atoms with E-state index in [1.807, 2.05) is 0 Å². The molecule has 1 aromatic rings. The predicted molar refractivity (Wildman–Crippen MR) is 80.0 cm³/mol. The van der Waals surface area contributed by atoms with Gasteiger partial charge in [0, 0.05) is 25.7 Å². The molecule has 1 aromatic heterocycles. The van der Waals surface area contributed by atoms with Crippen molar-refractivity contribution < 1.29 is 17.6 Å². The van der Waals surface area contributed by atoms with Crippen LogP contribution in [0.5, 0.6) is 5.75 Å². The van der Waals surface area contributed by atoms with E-state index in [0.29, 0.717) is 44.1 Å². The Morgan fingerprint density at radius 1 is 1.18 bits per heavy atom. The van der Waals surface area contributed by atoms with Crippen LogP contribution in [0.3, 0.4) is 0 Å². The molecule has 122 valence electrons. The molecule has 0 bridgehead atoms. The maximum absolute atomic E-state index is 12.5. The van der Waals surface area contributed by atoms with Gasteiger partial charge in [0.1, 0.15) is 17.6 Å². The lowest BCUT2D eigenvalue weighted by molar-refractivity contribution is 0.211. The Balaban J connectivity index is 1.66. The van der Waals surface area contributed by atoms with Gasteiger partial charge in [-0.3, -0.25) is 0 Å². The third-order valence-electron chi connectivity index (χ3n) is 4.00. The van der Waals surface area contributed by atoms with E-state index in [1.54, 1.807) is 13.0 Å². The highest BCUT2D eigenvalue weighted by Gasteiger charge is 2.37. The van der Waals surface area contributed by atoms with Crippen LogP contribution in [0.15, 0.2) is 21.3 Å². The zero-order valence-electron chi connectivity index (χ0n) is 12.5. The quantitative estimate of drug-likeness (QED) is 0.814. The van der Waals surface area contributed by atoms with Crippen LogP contribution in [-0.4, -0.2) is 49.3 Å². The molecule has 2 aliphatic rings. The molecule has 0 aromatic carbocycles. The second kappa shape index (κ2) is 6.02. The van der Waals surface area contributed by atoms with Crippen LogP contribution in [-0.2, 0) is 10.2 Å². The van der Waals surface area contributed by atoms with E-state index in [1.165, 1.54) is 14.7 Å². The SMILES string of the molecule is Cc1cc(OC2CCN(S(=O)(=O)N3CCCC3)C2)cc(=O)o1. The van der Waals surface area contributed by atoms with E-state index in [-0.39, 0.29) is 6.10 Å². The van der Waals surface area contributed by atoms with Gasteiger partial charge in [-0.25, -0.2) is 4.79 Å². The van der Waals surface area contributed by atoms with Crippen LogP contribution in [0, 0.1) is 6.92 Å². The fraction of sp³-hybridized carbons (Fsp3) is 0.643. The van der Waals surface area contributed by atoms with Crippen LogP contribution in [0.4, 0.5) is 0 Å². The van der Waals surface area contributed by atoms with Crippen molar-refractivity contribution in [3.8, 4) is 5.75 Å². The second-order valence-corrected chi connectivity index (χ2v) is 7.65. The van der Waals surface area contributed by atoms with E-state index in [0.717, 1.165) is 12.8 Å². The lowest BCUT2D eigenvalue weighted by Crippen LogP contribution is -2.41. The summed E-state index contributed by atoms with van der Waals surface area (Å²) in [6, 6.07) is 2.92. The fourth-order valence-corrected chi connectivity index (χ4v) is 4.66. The Morgan fingerprint density at radius 3 is 2.59 bits per heavy atom. The standard InChI is InChI=1S/C14H20N2O5S/c1-11-8-13(9-14(17)20-11)21-12-4-7-16(10-12)22(18,19)15-5-2-3-6-15/h8-9,12H,2-7,10H2,1H3. The monoisotopic (exact) mass is 328 g/mol. The molecule has 2 aliphatic heterocycles. The summed E-state index contributed by atoms with van der Waals surface area (Å²) in [5.74, 6) is 0.904. The van der Waals surface area contributed by atoms with Crippen molar-refractivity contribution in [3.63, 3.8) is 0 Å². The van der Waals surface area contributed by atoms with Crippen molar-refractivity contribution in [1.82, 2.24) is 8.61 Å². The highest BCUT2D eigenvalue weighted by atomic mass is 32.2. The largest absolute Gasteiger partial charge is 0.489 e. The summed E-state index contributed by atoms with van der Waals surface area (Å²) in [5.41, 5.74) is -0.463. The van der Waals surface area contributed by atoms with E-state index in [4.69, 9.17) is 9.15 Å². The van der Waals surface area contributed by atoms with E-state index in [9.17, 15) is 13.2 Å². The second-order valence-electron chi connectivity index (χ2n) is 5.72. The first-order valence-corrected chi connectivity index (χ1v) is 8.88. The van der Waals surface area contributed by atoms with Crippen LogP contribution in [0.25, 0.3) is 0 Å². The van der Waals surface area contributed by atoms with Gasteiger partial charge in [-0.05, 0) is 26.2 Å². The lowest BCUT2D eigenvalue weighted by Gasteiger charge is -2.23. The molecule has 0 saturated carbocycles. The van der Waals surface area contributed by atoms with Crippen molar-refractivity contribution in [3.05, 3.63) is 28.3 Å². The maximum Gasteiger partial charge on any atom is 0.339 e. The Hall–Kier alpha value is -1.38. The van der Waals surface area contributed by atoms with Gasteiger partial charge in [0.25, 0.3) is 10.2 Å². The maximum atomic E-state index is 12.5. The normalized spacial score (nSPS) is 24.0. The van der Waals surface area contributed by atoms with Gasteiger partial charge in [0.05, 0.1) is 12.6 Å². The minimum absolute atomic E-state index is 0.237. The fourth-order valence-electron chi connectivity index (χ4n) is 2.92. The molecule has 8 heteroatoms. The molecule has 3 heterocycles. The van der Waals surface area contributed by atoms with Gasteiger partial charge in [-0.15, -0.1) is 0 Å². The zero-order chi connectivity index (χ0) is 15.7. The number of rotatable bonds is 4. The average molecular weight is 328 g/mol. The van der Waals surface area contributed by atoms with Gasteiger partial charge in [0.15, 0.2) is 0 Å². The molecule has 2 fully saturated rings. The molecule has 0 N–H and O–H groups in total. The van der Waals surface area contributed by atoms with Crippen LogP contribution < -0.4 is 10.4 Å². The summed E-state index contributed by atoms with van der Waals surface area (Å²) >= 11 is 0. The molecule has 22 heavy (non-hydrogen) atoms. The number of ether oxygens (including phenoxy) is 1. The first-order valence-electron chi connectivity index (χ1n) is 7.49. The summed E-state index contributed by atoms with van der Waals surface area (Å²) in [7, 11) is -3.37. The molecular formula is C14H20N2O5S. The van der Waals surface area contributed by atoms with E-state index >= 15 is 0 Å². The molecule has 0 aliphatic carbocycles. The molecule has 0 spiro atoms. The topological polar surface area (TPSA) is 80.1 Å². The summed E-state index contributed by atoms with van der Waals surface area (Å²) in [4.78, 5) is 11.3.